The maximum absolute atomic E-state index is 13.0. The molecule has 0 amide bonds. The Bertz CT molecular complexity index is 598. The third kappa shape index (κ3) is 7.30. The first-order valence-electron chi connectivity index (χ1n) is 9.29. The van der Waals surface area contributed by atoms with E-state index in [2.05, 4.69) is 34.2 Å². The molecule has 1 atom stereocenters. The van der Waals surface area contributed by atoms with E-state index >= 15 is 0 Å². The van der Waals surface area contributed by atoms with Crippen molar-refractivity contribution in [3.63, 3.8) is 0 Å². The highest BCUT2D eigenvalue weighted by Crippen LogP contribution is 2.16. The van der Waals surface area contributed by atoms with Crippen LogP contribution in [-0.2, 0) is 11.2 Å². The monoisotopic (exact) mass is 344 g/mol. The van der Waals surface area contributed by atoms with Gasteiger partial charge in [-0.3, -0.25) is 0 Å². The van der Waals surface area contributed by atoms with E-state index in [9.17, 15) is 4.39 Å². The molecule has 0 saturated heterocycles. The first-order chi connectivity index (χ1) is 12.2. The van der Waals surface area contributed by atoms with Crippen LogP contribution in [-0.4, -0.2) is 29.4 Å². The fraction of sp³-hybridized carbons (Fsp3) is 0.524. The molecule has 0 spiro atoms. The summed E-state index contributed by atoms with van der Waals surface area (Å²) in [5.41, 5.74) is 3.47. The molecule has 0 fully saturated rings. The van der Waals surface area contributed by atoms with Crippen molar-refractivity contribution in [2.75, 3.05) is 13.2 Å². The molecular formula is C21H29FN2O. The molecule has 3 nitrogen and oxygen atoms in total. The SMILES string of the molecule is CCC(F)COCCCCCCc1ccc(-c2ncc(C)cn2)cc1. The van der Waals surface area contributed by atoms with Crippen LogP contribution in [0.2, 0.25) is 0 Å². The van der Waals surface area contributed by atoms with Crippen LogP contribution in [0.1, 0.15) is 50.2 Å². The van der Waals surface area contributed by atoms with E-state index in [0.29, 0.717) is 13.0 Å². The number of aromatic nitrogens is 2. The summed E-state index contributed by atoms with van der Waals surface area (Å²) in [6.07, 6.45) is 8.99. The molecule has 2 aromatic rings. The lowest BCUT2D eigenvalue weighted by Crippen LogP contribution is -2.09. The maximum Gasteiger partial charge on any atom is 0.159 e. The van der Waals surface area contributed by atoms with Crippen LogP contribution in [0, 0.1) is 6.92 Å². The summed E-state index contributed by atoms with van der Waals surface area (Å²) in [6.45, 7) is 4.75. The average Bonchev–Trinajstić information content (AvgIpc) is 2.65. The normalized spacial score (nSPS) is 12.3. The minimum atomic E-state index is -0.812. The largest absolute Gasteiger partial charge is 0.378 e. The van der Waals surface area contributed by atoms with Crippen LogP contribution in [0.4, 0.5) is 4.39 Å². The molecule has 0 aliphatic heterocycles. The molecule has 1 aromatic carbocycles. The molecule has 0 aliphatic carbocycles. The van der Waals surface area contributed by atoms with Crippen LogP contribution >= 0.6 is 0 Å². The Morgan fingerprint density at radius 3 is 2.36 bits per heavy atom. The minimum absolute atomic E-state index is 0.244. The molecule has 136 valence electrons. The molecule has 1 aromatic heterocycles. The van der Waals surface area contributed by atoms with Gasteiger partial charge in [0.25, 0.3) is 0 Å². The number of unbranched alkanes of at least 4 members (excludes halogenated alkanes) is 3. The standard InChI is InChI=1S/C21H29FN2O/c1-3-20(22)16-25-13-7-5-4-6-8-18-9-11-19(12-10-18)21-23-14-17(2)15-24-21/h9-12,14-15,20H,3-8,13,16H2,1-2H3. The van der Waals surface area contributed by atoms with Gasteiger partial charge in [-0.1, -0.05) is 44.0 Å². The first kappa shape index (κ1) is 19.5. The van der Waals surface area contributed by atoms with E-state index in [4.69, 9.17) is 4.74 Å². The quantitative estimate of drug-likeness (QED) is 0.518. The smallest absolute Gasteiger partial charge is 0.159 e. The molecule has 1 unspecified atom stereocenters. The molecule has 0 N–H and O–H groups in total. The highest BCUT2D eigenvalue weighted by atomic mass is 19.1. The van der Waals surface area contributed by atoms with Crippen LogP contribution in [0.25, 0.3) is 11.4 Å². The topological polar surface area (TPSA) is 35.0 Å². The number of halogens is 1. The number of hydrogen-bond acceptors (Lipinski definition) is 3. The molecule has 0 bridgehead atoms. The van der Waals surface area contributed by atoms with Crippen LogP contribution < -0.4 is 0 Å². The van der Waals surface area contributed by atoms with Gasteiger partial charge in [-0.15, -0.1) is 0 Å². The Morgan fingerprint density at radius 1 is 1.00 bits per heavy atom. The van der Waals surface area contributed by atoms with Crippen molar-refractivity contribution < 1.29 is 9.13 Å². The van der Waals surface area contributed by atoms with Gasteiger partial charge in [-0.05, 0) is 43.7 Å². The Balaban J connectivity index is 1.61. The fourth-order valence-corrected chi connectivity index (χ4v) is 2.58. The van der Waals surface area contributed by atoms with Crippen molar-refractivity contribution in [2.24, 2.45) is 0 Å². The van der Waals surface area contributed by atoms with Gasteiger partial charge in [-0.2, -0.15) is 0 Å². The highest BCUT2D eigenvalue weighted by Gasteiger charge is 2.03. The van der Waals surface area contributed by atoms with Gasteiger partial charge in [-0.25, -0.2) is 14.4 Å². The van der Waals surface area contributed by atoms with E-state index in [0.717, 1.165) is 36.2 Å². The second-order valence-electron chi connectivity index (χ2n) is 6.53. The van der Waals surface area contributed by atoms with Gasteiger partial charge in [0.15, 0.2) is 5.82 Å². The lowest BCUT2D eigenvalue weighted by Gasteiger charge is -2.07. The summed E-state index contributed by atoms with van der Waals surface area (Å²) in [7, 11) is 0. The summed E-state index contributed by atoms with van der Waals surface area (Å²) in [5.74, 6) is 0.774. The molecule has 0 saturated carbocycles. The Morgan fingerprint density at radius 2 is 1.68 bits per heavy atom. The number of aryl methyl sites for hydroxylation is 2. The number of ether oxygens (including phenoxy) is 1. The summed E-state index contributed by atoms with van der Waals surface area (Å²) < 4.78 is 18.3. The second-order valence-corrected chi connectivity index (χ2v) is 6.53. The Hall–Kier alpha value is -1.81. The van der Waals surface area contributed by atoms with Gasteiger partial charge in [0, 0.05) is 24.6 Å². The van der Waals surface area contributed by atoms with Gasteiger partial charge >= 0.3 is 0 Å². The van der Waals surface area contributed by atoms with Crippen molar-refractivity contribution >= 4 is 0 Å². The van der Waals surface area contributed by atoms with Crippen LogP contribution in [0.3, 0.4) is 0 Å². The molecule has 1 heterocycles. The van der Waals surface area contributed by atoms with Gasteiger partial charge in [0.1, 0.15) is 6.17 Å². The fourth-order valence-electron chi connectivity index (χ4n) is 2.58. The molecule has 2 rings (SSSR count). The van der Waals surface area contributed by atoms with Gasteiger partial charge < -0.3 is 4.74 Å². The van der Waals surface area contributed by atoms with Crippen LogP contribution in [0.15, 0.2) is 36.7 Å². The van der Waals surface area contributed by atoms with Crippen molar-refractivity contribution in [3.05, 3.63) is 47.8 Å². The molecular weight excluding hydrogens is 315 g/mol. The Labute approximate surface area is 150 Å². The summed E-state index contributed by atoms with van der Waals surface area (Å²) >= 11 is 0. The molecule has 25 heavy (non-hydrogen) atoms. The van der Waals surface area contributed by atoms with Crippen molar-refractivity contribution in [3.8, 4) is 11.4 Å². The van der Waals surface area contributed by atoms with Crippen molar-refractivity contribution in [1.82, 2.24) is 9.97 Å². The lowest BCUT2D eigenvalue weighted by atomic mass is 10.0. The van der Waals surface area contributed by atoms with Crippen LogP contribution in [0.5, 0.6) is 0 Å². The first-order valence-corrected chi connectivity index (χ1v) is 9.29. The number of alkyl halides is 1. The summed E-state index contributed by atoms with van der Waals surface area (Å²) in [5, 5.41) is 0. The summed E-state index contributed by atoms with van der Waals surface area (Å²) in [6, 6.07) is 8.51. The molecule has 0 aliphatic rings. The third-order valence-electron chi connectivity index (χ3n) is 4.24. The number of benzene rings is 1. The van der Waals surface area contributed by atoms with Crippen molar-refractivity contribution in [2.45, 2.75) is 58.5 Å². The molecule has 4 heteroatoms. The van der Waals surface area contributed by atoms with E-state index in [1.165, 1.54) is 18.4 Å². The van der Waals surface area contributed by atoms with E-state index in [1.807, 2.05) is 26.2 Å². The molecule has 0 radical (unpaired) electrons. The number of rotatable bonds is 11. The zero-order valence-electron chi connectivity index (χ0n) is 15.4. The zero-order chi connectivity index (χ0) is 17.9. The number of nitrogens with zero attached hydrogens (tertiary/aromatic N) is 2. The number of hydrogen-bond donors (Lipinski definition) is 0. The predicted octanol–water partition coefficient (Wildman–Crippen LogP) is 5.32. The second kappa shape index (κ2) is 10.9. The van der Waals surface area contributed by atoms with Crippen molar-refractivity contribution in [1.29, 1.82) is 0 Å². The van der Waals surface area contributed by atoms with E-state index in [1.54, 1.807) is 0 Å². The maximum atomic E-state index is 13.0. The Kier molecular flexibility index (Phi) is 8.53. The van der Waals surface area contributed by atoms with Gasteiger partial charge in [0.2, 0.25) is 0 Å². The summed E-state index contributed by atoms with van der Waals surface area (Å²) in [4.78, 5) is 8.72. The average molecular weight is 344 g/mol. The minimum Gasteiger partial charge on any atom is -0.378 e. The zero-order valence-corrected chi connectivity index (χ0v) is 15.4. The third-order valence-corrected chi connectivity index (χ3v) is 4.24. The van der Waals surface area contributed by atoms with E-state index < -0.39 is 6.17 Å². The van der Waals surface area contributed by atoms with E-state index in [-0.39, 0.29) is 6.61 Å². The van der Waals surface area contributed by atoms with Gasteiger partial charge in [0.05, 0.1) is 6.61 Å². The highest BCUT2D eigenvalue weighted by molar-refractivity contribution is 5.55. The lowest BCUT2D eigenvalue weighted by molar-refractivity contribution is 0.0765. The predicted molar refractivity (Wildman–Crippen MR) is 100 cm³/mol.